The summed E-state index contributed by atoms with van der Waals surface area (Å²) < 4.78 is 27.7. The SMILES string of the molecule is CCCCc1nc2ccc(NCS(=O)(=O)c3ccccc3)cc2n1Cc1ccc(-c2ccccc2C(=O)O)cc1. The lowest BCUT2D eigenvalue weighted by molar-refractivity contribution is 0.0697. The average molecular weight is 554 g/mol. The third kappa shape index (κ3) is 5.92. The van der Waals surface area contributed by atoms with Crippen LogP contribution in [-0.4, -0.2) is 34.9 Å². The van der Waals surface area contributed by atoms with E-state index in [1.54, 1.807) is 42.5 Å². The molecule has 0 bridgehead atoms. The Kier molecular flexibility index (Phi) is 7.98. The molecule has 1 heterocycles. The van der Waals surface area contributed by atoms with Crippen molar-refractivity contribution in [2.24, 2.45) is 0 Å². The number of benzene rings is 4. The van der Waals surface area contributed by atoms with Gasteiger partial charge in [0, 0.05) is 18.7 Å². The fraction of sp³-hybridized carbons (Fsp3) is 0.188. The molecule has 40 heavy (non-hydrogen) atoms. The molecule has 0 aliphatic heterocycles. The number of unbranched alkanes of at least 4 members (excludes halogenated alkanes) is 1. The molecule has 0 saturated heterocycles. The van der Waals surface area contributed by atoms with Crippen molar-refractivity contribution in [3.63, 3.8) is 0 Å². The quantitative estimate of drug-likeness (QED) is 0.190. The van der Waals surface area contributed by atoms with Crippen molar-refractivity contribution in [2.45, 2.75) is 37.6 Å². The Morgan fingerprint density at radius 3 is 2.38 bits per heavy atom. The molecule has 0 aliphatic carbocycles. The van der Waals surface area contributed by atoms with Gasteiger partial charge in [-0.25, -0.2) is 18.2 Å². The Bertz CT molecular complexity index is 1740. The van der Waals surface area contributed by atoms with E-state index < -0.39 is 15.8 Å². The summed E-state index contributed by atoms with van der Waals surface area (Å²) in [5.74, 6) is -0.184. The number of rotatable bonds is 11. The van der Waals surface area contributed by atoms with Crippen molar-refractivity contribution in [1.29, 1.82) is 0 Å². The van der Waals surface area contributed by atoms with Crippen LogP contribution in [0, 0.1) is 0 Å². The highest BCUT2D eigenvalue weighted by Gasteiger charge is 2.16. The second-order valence-corrected chi connectivity index (χ2v) is 11.7. The third-order valence-corrected chi connectivity index (χ3v) is 8.43. The highest BCUT2D eigenvalue weighted by Crippen LogP contribution is 2.27. The maximum Gasteiger partial charge on any atom is 0.336 e. The van der Waals surface area contributed by atoms with Crippen molar-refractivity contribution in [3.8, 4) is 11.1 Å². The highest BCUT2D eigenvalue weighted by molar-refractivity contribution is 7.91. The van der Waals surface area contributed by atoms with E-state index in [0.29, 0.717) is 17.8 Å². The van der Waals surface area contributed by atoms with Crippen LogP contribution in [0.1, 0.15) is 41.5 Å². The van der Waals surface area contributed by atoms with Crippen LogP contribution < -0.4 is 5.32 Å². The van der Waals surface area contributed by atoms with E-state index in [1.165, 1.54) is 0 Å². The van der Waals surface area contributed by atoms with Crippen molar-refractivity contribution < 1.29 is 18.3 Å². The normalized spacial score (nSPS) is 11.5. The second-order valence-electron chi connectivity index (χ2n) is 9.72. The molecule has 0 unspecified atom stereocenters. The van der Waals surface area contributed by atoms with Crippen LogP contribution in [0.25, 0.3) is 22.2 Å². The summed E-state index contributed by atoms with van der Waals surface area (Å²) in [6.45, 7) is 2.73. The molecular weight excluding hydrogens is 522 g/mol. The van der Waals surface area contributed by atoms with Gasteiger partial charge in [-0.1, -0.05) is 74.0 Å². The number of fused-ring (bicyclic) bond motifs is 1. The Balaban J connectivity index is 1.43. The largest absolute Gasteiger partial charge is 0.478 e. The Morgan fingerprint density at radius 2 is 1.65 bits per heavy atom. The van der Waals surface area contributed by atoms with E-state index in [0.717, 1.165) is 47.2 Å². The number of carboxylic acid groups (broad SMARTS) is 1. The zero-order chi connectivity index (χ0) is 28.1. The van der Waals surface area contributed by atoms with Crippen LogP contribution in [0.3, 0.4) is 0 Å². The molecule has 7 nitrogen and oxygen atoms in total. The maximum atomic E-state index is 12.8. The summed E-state index contributed by atoms with van der Waals surface area (Å²) in [6, 6.07) is 29.1. The first-order valence-electron chi connectivity index (χ1n) is 13.3. The van der Waals surface area contributed by atoms with Gasteiger partial charge in [0.25, 0.3) is 0 Å². The van der Waals surface area contributed by atoms with Gasteiger partial charge < -0.3 is 15.0 Å². The van der Waals surface area contributed by atoms with Gasteiger partial charge >= 0.3 is 5.97 Å². The van der Waals surface area contributed by atoms with Gasteiger partial charge in [-0.3, -0.25) is 0 Å². The summed E-state index contributed by atoms with van der Waals surface area (Å²) in [4.78, 5) is 16.8. The smallest absolute Gasteiger partial charge is 0.336 e. The van der Waals surface area contributed by atoms with Gasteiger partial charge in [0.15, 0.2) is 9.84 Å². The fourth-order valence-corrected chi connectivity index (χ4v) is 5.86. The number of aromatic carboxylic acids is 1. The van der Waals surface area contributed by atoms with E-state index in [2.05, 4.69) is 16.8 Å². The molecule has 2 N–H and O–H groups in total. The number of hydrogen-bond acceptors (Lipinski definition) is 5. The van der Waals surface area contributed by atoms with Gasteiger partial charge in [0.05, 0.1) is 21.5 Å². The zero-order valence-electron chi connectivity index (χ0n) is 22.2. The third-order valence-electron chi connectivity index (χ3n) is 6.91. The monoisotopic (exact) mass is 553 g/mol. The molecular formula is C32H31N3O4S. The molecule has 0 atom stereocenters. The van der Waals surface area contributed by atoms with E-state index >= 15 is 0 Å². The minimum absolute atomic E-state index is 0.210. The van der Waals surface area contributed by atoms with E-state index in [1.807, 2.05) is 54.6 Å². The second kappa shape index (κ2) is 11.8. The van der Waals surface area contributed by atoms with Crippen LogP contribution in [0.4, 0.5) is 5.69 Å². The summed E-state index contributed by atoms with van der Waals surface area (Å²) in [5, 5.41) is 12.7. The van der Waals surface area contributed by atoms with Gasteiger partial charge in [-0.15, -0.1) is 0 Å². The van der Waals surface area contributed by atoms with Crippen LogP contribution in [0.15, 0.2) is 102 Å². The first kappa shape index (κ1) is 27.1. The molecule has 204 valence electrons. The number of sulfone groups is 1. The standard InChI is InChI=1S/C32H31N3O4S/c1-2-3-13-31-34-29-19-18-25(33-22-40(38,39)26-9-5-4-6-10-26)20-30(29)35(31)21-23-14-16-24(17-15-23)27-11-7-8-12-28(27)32(36)37/h4-12,14-20,33H,2-3,13,21-22H2,1H3,(H,36,37). The van der Waals surface area contributed by atoms with Gasteiger partial charge in [0.2, 0.25) is 0 Å². The molecule has 5 rings (SSSR count). The first-order valence-corrected chi connectivity index (χ1v) is 14.9. The zero-order valence-corrected chi connectivity index (χ0v) is 23.1. The number of carbonyl (C=O) groups is 1. The molecule has 0 aliphatic rings. The molecule has 0 amide bonds. The summed E-state index contributed by atoms with van der Waals surface area (Å²) in [6.07, 6.45) is 2.89. The van der Waals surface area contributed by atoms with Crippen molar-refractivity contribution in [1.82, 2.24) is 9.55 Å². The molecule has 8 heteroatoms. The van der Waals surface area contributed by atoms with E-state index in [9.17, 15) is 18.3 Å². The average Bonchev–Trinajstić information content (AvgIpc) is 3.32. The van der Waals surface area contributed by atoms with E-state index in [-0.39, 0.29) is 16.3 Å². The van der Waals surface area contributed by atoms with Gasteiger partial charge in [-0.2, -0.15) is 0 Å². The predicted molar refractivity (Wildman–Crippen MR) is 158 cm³/mol. The molecule has 0 radical (unpaired) electrons. The first-order chi connectivity index (χ1) is 19.4. The Hall–Kier alpha value is -4.43. The molecule has 0 saturated carbocycles. The number of aromatic nitrogens is 2. The van der Waals surface area contributed by atoms with Gasteiger partial charge in [-0.05, 0) is 59.5 Å². The maximum absolute atomic E-state index is 12.8. The minimum Gasteiger partial charge on any atom is -0.478 e. The summed E-state index contributed by atoms with van der Waals surface area (Å²) in [5.41, 5.74) is 5.33. The van der Waals surface area contributed by atoms with Crippen molar-refractivity contribution >= 4 is 32.5 Å². The molecule has 0 fully saturated rings. The molecule has 1 aromatic heterocycles. The molecule has 0 spiro atoms. The number of anilines is 1. The summed E-state index contributed by atoms with van der Waals surface area (Å²) >= 11 is 0. The number of aryl methyl sites for hydroxylation is 1. The number of imidazole rings is 1. The lowest BCUT2D eigenvalue weighted by Gasteiger charge is -2.12. The highest BCUT2D eigenvalue weighted by atomic mass is 32.2. The molecule has 5 aromatic rings. The number of nitrogens with zero attached hydrogens (tertiary/aromatic N) is 2. The number of nitrogens with one attached hydrogen (secondary N) is 1. The lowest BCUT2D eigenvalue weighted by atomic mass is 9.99. The van der Waals surface area contributed by atoms with Crippen LogP contribution in [-0.2, 0) is 22.8 Å². The minimum atomic E-state index is -3.48. The summed E-state index contributed by atoms with van der Waals surface area (Å²) in [7, 11) is -3.48. The molecule has 4 aromatic carbocycles. The number of hydrogen-bond donors (Lipinski definition) is 2. The van der Waals surface area contributed by atoms with Crippen LogP contribution in [0.2, 0.25) is 0 Å². The predicted octanol–water partition coefficient (Wildman–Crippen LogP) is 6.64. The van der Waals surface area contributed by atoms with E-state index in [4.69, 9.17) is 4.98 Å². The van der Waals surface area contributed by atoms with Crippen LogP contribution in [0.5, 0.6) is 0 Å². The van der Waals surface area contributed by atoms with Gasteiger partial charge in [0.1, 0.15) is 11.7 Å². The number of carboxylic acids is 1. The Labute approximate surface area is 234 Å². The Morgan fingerprint density at radius 1 is 0.925 bits per heavy atom. The fourth-order valence-electron chi connectivity index (χ4n) is 4.77. The van der Waals surface area contributed by atoms with Crippen LogP contribution >= 0.6 is 0 Å². The topological polar surface area (TPSA) is 101 Å². The lowest BCUT2D eigenvalue weighted by Crippen LogP contribution is -2.14. The van der Waals surface area contributed by atoms with Crippen molar-refractivity contribution in [2.75, 3.05) is 11.2 Å². The van der Waals surface area contributed by atoms with Crippen molar-refractivity contribution in [3.05, 3.63) is 114 Å².